The van der Waals surface area contributed by atoms with E-state index < -0.39 is 5.97 Å². The predicted octanol–water partition coefficient (Wildman–Crippen LogP) is 2.84. The number of ether oxygens (including phenoxy) is 1. The summed E-state index contributed by atoms with van der Waals surface area (Å²) in [5, 5.41) is 3.07. The molecule has 0 aliphatic carbocycles. The van der Waals surface area contributed by atoms with Crippen LogP contribution in [-0.2, 0) is 20.7 Å². The summed E-state index contributed by atoms with van der Waals surface area (Å²) in [6.07, 6.45) is 0.247. The Morgan fingerprint density at radius 1 is 1.22 bits per heavy atom. The van der Waals surface area contributed by atoms with Gasteiger partial charge in [0.15, 0.2) is 18.0 Å². The summed E-state index contributed by atoms with van der Waals surface area (Å²) in [5.41, 5.74) is 3.25. The number of nitrogens with zero attached hydrogens (tertiary/aromatic N) is 1. The van der Waals surface area contributed by atoms with Crippen LogP contribution < -0.4 is 5.32 Å². The monoisotopic (exact) mass is 382 g/mol. The largest absolute Gasteiger partial charge is 0.457 e. The highest BCUT2D eigenvalue weighted by atomic mass is 32.2. The molecule has 0 fully saturated rings. The number of carbonyl (C=O) groups is 3. The van der Waals surface area contributed by atoms with Gasteiger partial charge in [-0.3, -0.25) is 14.4 Å². The van der Waals surface area contributed by atoms with E-state index in [1.165, 1.54) is 0 Å². The lowest BCUT2D eigenvalue weighted by Gasteiger charge is -2.05. The molecule has 0 unspecified atom stereocenters. The number of fused-ring (bicyclic) bond motifs is 2. The van der Waals surface area contributed by atoms with Crippen molar-refractivity contribution in [2.24, 2.45) is 0 Å². The Labute approximate surface area is 158 Å². The number of Topliss-reactive ketones (excluding diaryl/α,β-unsaturated/α-hetero) is 1. The van der Waals surface area contributed by atoms with Crippen LogP contribution in [0.3, 0.4) is 0 Å². The van der Waals surface area contributed by atoms with Gasteiger partial charge in [-0.25, -0.2) is 4.98 Å². The highest BCUT2D eigenvalue weighted by molar-refractivity contribution is 7.99. The number of carbonyl (C=O) groups excluding carboxylic acids is 3. The third-order valence-electron chi connectivity index (χ3n) is 4.00. The molecule has 4 rings (SSSR count). The van der Waals surface area contributed by atoms with Crippen molar-refractivity contribution < 1.29 is 23.5 Å². The van der Waals surface area contributed by atoms with Crippen LogP contribution in [0.25, 0.3) is 11.1 Å². The number of aromatic nitrogens is 1. The van der Waals surface area contributed by atoms with Gasteiger partial charge in [0, 0.05) is 11.3 Å². The Bertz CT molecular complexity index is 1030. The standard InChI is InChI=1S/C19H14N2O5S/c22-15(11-5-6-13-12(7-11)8-17(23)20-13)9-25-18(24)10-27-19-21-14-3-1-2-4-16(14)26-19/h1-7H,8-10H2,(H,20,23). The van der Waals surface area contributed by atoms with Gasteiger partial charge in [-0.15, -0.1) is 0 Å². The molecule has 27 heavy (non-hydrogen) atoms. The van der Waals surface area contributed by atoms with E-state index in [1.54, 1.807) is 24.3 Å². The van der Waals surface area contributed by atoms with Gasteiger partial charge >= 0.3 is 5.97 Å². The molecule has 0 spiro atoms. The van der Waals surface area contributed by atoms with E-state index in [1.807, 2.05) is 18.2 Å². The molecule has 1 aromatic heterocycles. The van der Waals surface area contributed by atoms with Crippen LogP contribution in [0.1, 0.15) is 15.9 Å². The fourth-order valence-electron chi connectivity index (χ4n) is 2.71. The molecular weight excluding hydrogens is 368 g/mol. The van der Waals surface area contributed by atoms with Crippen molar-refractivity contribution in [2.75, 3.05) is 17.7 Å². The normalized spacial score (nSPS) is 12.7. The van der Waals surface area contributed by atoms with Gasteiger partial charge in [0.05, 0.1) is 6.42 Å². The molecule has 1 amide bonds. The van der Waals surface area contributed by atoms with Gasteiger partial charge in [0.2, 0.25) is 5.91 Å². The molecule has 0 saturated carbocycles. The minimum atomic E-state index is -0.534. The zero-order chi connectivity index (χ0) is 18.8. The molecule has 2 heterocycles. The van der Waals surface area contributed by atoms with Gasteiger partial charge in [-0.2, -0.15) is 0 Å². The second-order valence-electron chi connectivity index (χ2n) is 5.92. The fourth-order valence-corrected chi connectivity index (χ4v) is 3.34. The fraction of sp³-hybridized carbons (Fsp3) is 0.158. The molecule has 1 aliphatic rings. The third-order valence-corrected chi connectivity index (χ3v) is 4.81. The zero-order valence-electron chi connectivity index (χ0n) is 14.1. The molecule has 8 heteroatoms. The first kappa shape index (κ1) is 17.3. The van der Waals surface area contributed by atoms with Crippen LogP contribution in [-0.4, -0.2) is 35.0 Å². The average Bonchev–Trinajstić information content (AvgIpc) is 3.25. The maximum Gasteiger partial charge on any atom is 0.316 e. The number of anilines is 1. The van der Waals surface area contributed by atoms with Gasteiger partial charge < -0.3 is 14.5 Å². The summed E-state index contributed by atoms with van der Waals surface area (Å²) < 4.78 is 10.5. The number of hydrogen-bond acceptors (Lipinski definition) is 7. The Morgan fingerprint density at radius 3 is 2.93 bits per heavy atom. The lowest BCUT2D eigenvalue weighted by Crippen LogP contribution is -2.15. The molecular formula is C19H14N2O5S. The number of hydrogen-bond donors (Lipinski definition) is 1. The van der Waals surface area contributed by atoms with E-state index in [4.69, 9.17) is 9.15 Å². The topological polar surface area (TPSA) is 98.5 Å². The molecule has 0 radical (unpaired) electrons. The molecule has 0 saturated heterocycles. The minimum Gasteiger partial charge on any atom is -0.457 e. The van der Waals surface area contributed by atoms with E-state index in [0.29, 0.717) is 27.6 Å². The first-order valence-corrected chi connectivity index (χ1v) is 9.17. The molecule has 1 N–H and O–H groups in total. The van der Waals surface area contributed by atoms with Crippen LogP contribution in [0.2, 0.25) is 0 Å². The van der Waals surface area contributed by atoms with Gasteiger partial charge in [-0.05, 0) is 35.9 Å². The van der Waals surface area contributed by atoms with Crippen molar-refractivity contribution in [1.82, 2.24) is 4.98 Å². The highest BCUT2D eigenvalue weighted by Gasteiger charge is 2.19. The summed E-state index contributed by atoms with van der Waals surface area (Å²) in [4.78, 5) is 39.7. The second kappa shape index (κ2) is 7.24. The van der Waals surface area contributed by atoms with Gasteiger partial charge in [0.1, 0.15) is 11.3 Å². The van der Waals surface area contributed by atoms with E-state index in [2.05, 4.69) is 10.3 Å². The van der Waals surface area contributed by atoms with Crippen LogP contribution >= 0.6 is 11.8 Å². The number of nitrogens with one attached hydrogen (secondary N) is 1. The molecule has 0 atom stereocenters. The van der Waals surface area contributed by atoms with Crippen LogP contribution in [0.15, 0.2) is 52.1 Å². The average molecular weight is 382 g/mol. The number of ketones is 1. The Morgan fingerprint density at radius 2 is 2.07 bits per heavy atom. The SMILES string of the molecule is O=C1Cc2cc(C(=O)COC(=O)CSc3nc4ccccc4o3)ccc2N1. The number of amides is 1. The number of para-hydroxylation sites is 2. The van der Waals surface area contributed by atoms with E-state index >= 15 is 0 Å². The highest BCUT2D eigenvalue weighted by Crippen LogP contribution is 2.25. The maximum atomic E-state index is 12.2. The summed E-state index contributed by atoms with van der Waals surface area (Å²) in [6.45, 7) is -0.354. The first-order valence-electron chi connectivity index (χ1n) is 8.18. The number of benzene rings is 2. The maximum absolute atomic E-state index is 12.2. The summed E-state index contributed by atoms with van der Waals surface area (Å²) in [6, 6.07) is 12.2. The molecule has 7 nitrogen and oxygen atoms in total. The Balaban J connectivity index is 1.29. The molecule has 0 bridgehead atoms. The summed E-state index contributed by atoms with van der Waals surface area (Å²) in [5.74, 6) is -0.967. The Kier molecular flexibility index (Phi) is 4.64. The van der Waals surface area contributed by atoms with Crippen LogP contribution in [0, 0.1) is 0 Å². The van der Waals surface area contributed by atoms with Crippen molar-refractivity contribution in [3.05, 3.63) is 53.6 Å². The molecule has 1 aliphatic heterocycles. The lowest BCUT2D eigenvalue weighted by molar-refractivity contribution is -0.139. The van der Waals surface area contributed by atoms with Gasteiger partial charge in [-0.1, -0.05) is 23.9 Å². The predicted molar refractivity (Wildman–Crippen MR) is 98.8 cm³/mol. The van der Waals surface area contributed by atoms with E-state index in [-0.39, 0.29) is 30.5 Å². The number of oxazole rings is 1. The van der Waals surface area contributed by atoms with E-state index in [9.17, 15) is 14.4 Å². The number of rotatable bonds is 6. The quantitative estimate of drug-likeness (QED) is 0.398. The van der Waals surface area contributed by atoms with Crippen molar-refractivity contribution in [2.45, 2.75) is 11.6 Å². The summed E-state index contributed by atoms with van der Waals surface area (Å²) >= 11 is 1.11. The lowest BCUT2D eigenvalue weighted by atomic mass is 10.1. The van der Waals surface area contributed by atoms with Crippen molar-refractivity contribution in [3.8, 4) is 0 Å². The number of thioether (sulfide) groups is 1. The minimum absolute atomic E-state index is 0.0112. The summed E-state index contributed by atoms with van der Waals surface area (Å²) in [7, 11) is 0. The van der Waals surface area contributed by atoms with Crippen molar-refractivity contribution in [3.63, 3.8) is 0 Å². The van der Waals surface area contributed by atoms with Crippen LogP contribution in [0.4, 0.5) is 5.69 Å². The smallest absolute Gasteiger partial charge is 0.316 e. The molecule has 3 aromatic rings. The molecule has 136 valence electrons. The van der Waals surface area contributed by atoms with Gasteiger partial charge in [0.25, 0.3) is 5.22 Å². The van der Waals surface area contributed by atoms with Crippen molar-refractivity contribution >= 4 is 46.2 Å². The van der Waals surface area contributed by atoms with Crippen LogP contribution in [0.5, 0.6) is 0 Å². The Hall–Kier alpha value is -3.13. The van der Waals surface area contributed by atoms with Crippen molar-refractivity contribution in [1.29, 1.82) is 0 Å². The third kappa shape index (κ3) is 3.85. The second-order valence-corrected chi connectivity index (χ2v) is 6.84. The zero-order valence-corrected chi connectivity index (χ0v) is 14.9. The first-order chi connectivity index (χ1) is 13.1. The molecule has 2 aromatic carbocycles. The number of esters is 1. The van der Waals surface area contributed by atoms with E-state index in [0.717, 1.165) is 17.3 Å².